The van der Waals surface area contributed by atoms with E-state index < -0.39 is 22.2 Å². The summed E-state index contributed by atoms with van der Waals surface area (Å²) in [7, 11) is -3.77. The average Bonchev–Trinajstić information content (AvgIpc) is 3.66. The molecule has 2 fully saturated rings. The summed E-state index contributed by atoms with van der Waals surface area (Å²) in [6.45, 7) is 0.749. The fraction of sp³-hybridized carbons (Fsp3) is 0.259. The normalized spacial score (nSPS) is 24.0. The molecule has 194 valence electrons. The highest BCUT2D eigenvalue weighted by molar-refractivity contribution is 7.89. The Balaban J connectivity index is 1.04. The third-order valence-electron chi connectivity index (χ3n) is 7.03. The lowest BCUT2D eigenvalue weighted by Gasteiger charge is -2.18. The minimum Gasteiger partial charge on any atom is -0.454 e. The summed E-state index contributed by atoms with van der Waals surface area (Å²) < 4.78 is 51.9. The predicted octanol–water partition coefficient (Wildman–Crippen LogP) is 2.95. The van der Waals surface area contributed by atoms with Crippen LogP contribution >= 0.6 is 0 Å². The first-order chi connectivity index (χ1) is 18.5. The predicted molar refractivity (Wildman–Crippen MR) is 139 cm³/mol. The molecule has 38 heavy (non-hydrogen) atoms. The van der Waals surface area contributed by atoms with Crippen molar-refractivity contribution < 1.29 is 27.4 Å². The summed E-state index contributed by atoms with van der Waals surface area (Å²) >= 11 is 0. The molecule has 3 aromatic carbocycles. The van der Waals surface area contributed by atoms with E-state index in [0.717, 1.165) is 22.0 Å². The highest BCUT2D eigenvalue weighted by atomic mass is 32.2. The lowest BCUT2D eigenvalue weighted by Crippen LogP contribution is -2.44. The fourth-order valence-corrected chi connectivity index (χ4v) is 6.40. The zero-order valence-electron chi connectivity index (χ0n) is 20.1. The molecule has 3 aliphatic heterocycles. The molecule has 11 heteroatoms. The van der Waals surface area contributed by atoms with Crippen molar-refractivity contribution in [1.29, 1.82) is 0 Å². The first kappa shape index (κ1) is 23.4. The molecule has 0 aliphatic carbocycles. The van der Waals surface area contributed by atoms with Gasteiger partial charge < -0.3 is 24.3 Å². The maximum Gasteiger partial charge on any atom is 0.241 e. The van der Waals surface area contributed by atoms with Crippen LogP contribution in [0.1, 0.15) is 0 Å². The second kappa shape index (κ2) is 9.21. The molecule has 7 rings (SSSR count). The lowest BCUT2D eigenvalue weighted by molar-refractivity contribution is 0.0690. The summed E-state index contributed by atoms with van der Waals surface area (Å²) in [4.78, 5) is 9.21. The summed E-state index contributed by atoms with van der Waals surface area (Å²) in [6, 6.07) is 19.5. The number of anilines is 1. The van der Waals surface area contributed by atoms with E-state index in [0.29, 0.717) is 24.1 Å². The summed E-state index contributed by atoms with van der Waals surface area (Å²) in [6.07, 6.45) is 0.898. The van der Waals surface area contributed by atoms with Gasteiger partial charge in [-0.1, -0.05) is 30.3 Å². The van der Waals surface area contributed by atoms with Crippen molar-refractivity contribution in [1.82, 2.24) is 14.7 Å². The largest absolute Gasteiger partial charge is 0.454 e. The molecule has 0 unspecified atom stereocenters. The molecule has 10 nitrogen and oxygen atoms in total. The molecule has 4 atom stereocenters. The van der Waals surface area contributed by atoms with Crippen molar-refractivity contribution >= 4 is 26.7 Å². The van der Waals surface area contributed by atoms with Crippen LogP contribution in [-0.2, 0) is 19.5 Å². The zero-order valence-corrected chi connectivity index (χ0v) is 20.9. The van der Waals surface area contributed by atoms with Gasteiger partial charge >= 0.3 is 0 Å². The molecule has 0 radical (unpaired) electrons. The monoisotopic (exact) mass is 532 g/mol. The first-order valence-corrected chi connectivity index (χ1v) is 13.8. The number of hydrogen-bond acceptors (Lipinski definition) is 9. The molecule has 3 aliphatic rings. The molecule has 1 aromatic heterocycles. The molecule has 2 N–H and O–H groups in total. The third-order valence-corrected chi connectivity index (χ3v) is 8.52. The van der Waals surface area contributed by atoms with Gasteiger partial charge in [0.05, 0.1) is 35.9 Å². The third kappa shape index (κ3) is 4.23. The standard InChI is InChI=1S/C27H24N4O6S/c32-38(33,19-7-5-16-3-1-2-4-17(16)11-19)31-22-14-35-25-21(13-34-26(22)25)30-27-28-10-9-20(29-27)18-6-8-23-24(12-18)37-15-36-23/h1-12,21-22,25-26,31H,13-15H2,(H,28,29,30)/t21-,22-,25+,26+/m0/s1. The Bertz CT molecular complexity index is 1630. The number of nitrogens with zero attached hydrogens (tertiary/aromatic N) is 2. The van der Waals surface area contributed by atoms with Crippen LogP contribution in [0.5, 0.6) is 11.5 Å². The second-order valence-electron chi connectivity index (χ2n) is 9.42. The molecule has 0 bridgehead atoms. The minimum absolute atomic E-state index is 0.207. The number of fused-ring (bicyclic) bond motifs is 3. The van der Waals surface area contributed by atoms with Crippen molar-refractivity contribution in [2.24, 2.45) is 0 Å². The lowest BCUT2D eigenvalue weighted by atomic mass is 10.1. The number of rotatable bonds is 6. The number of aromatic nitrogens is 2. The van der Waals surface area contributed by atoms with Gasteiger partial charge in [-0.25, -0.2) is 23.1 Å². The Morgan fingerprint density at radius 2 is 1.61 bits per heavy atom. The Hall–Kier alpha value is -3.77. The smallest absolute Gasteiger partial charge is 0.241 e. The average molecular weight is 533 g/mol. The van der Waals surface area contributed by atoms with Gasteiger partial charge in [0.2, 0.25) is 22.8 Å². The van der Waals surface area contributed by atoms with Gasteiger partial charge in [0.1, 0.15) is 12.2 Å². The quantitative estimate of drug-likeness (QED) is 0.386. The number of benzene rings is 3. The number of nitrogens with one attached hydrogen (secondary N) is 2. The molecular weight excluding hydrogens is 508 g/mol. The van der Waals surface area contributed by atoms with Crippen LogP contribution in [-0.4, -0.2) is 62.7 Å². The Kier molecular flexibility index (Phi) is 5.66. The Morgan fingerprint density at radius 1 is 0.816 bits per heavy atom. The van der Waals surface area contributed by atoms with Gasteiger partial charge in [-0.2, -0.15) is 0 Å². The SMILES string of the molecule is O=S(=O)(N[C@H]1CO[C@H]2[C@@H]1OC[C@@H]2Nc1nccc(-c2ccc3c(c2)OCO3)n1)c1ccc2ccccc2c1. The van der Waals surface area contributed by atoms with E-state index in [4.69, 9.17) is 18.9 Å². The number of sulfonamides is 1. The maximum atomic E-state index is 13.2. The van der Waals surface area contributed by atoms with Crippen LogP contribution in [0.2, 0.25) is 0 Å². The topological polar surface area (TPSA) is 121 Å². The highest BCUT2D eigenvalue weighted by Gasteiger charge is 2.49. The van der Waals surface area contributed by atoms with Crippen LogP contribution in [0.4, 0.5) is 5.95 Å². The maximum absolute atomic E-state index is 13.2. The zero-order chi connectivity index (χ0) is 25.7. The summed E-state index contributed by atoms with van der Waals surface area (Å²) in [5.41, 5.74) is 1.60. The molecule has 4 aromatic rings. The van der Waals surface area contributed by atoms with Crippen molar-refractivity contribution in [2.45, 2.75) is 29.2 Å². The van der Waals surface area contributed by atoms with E-state index >= 15 is 0 Å². The number of hydrogen-bond donors (Lipinski definition) is 2. The van der Waals surface area contributed by atoms with Crippen molar-refractivity contribution in [2.75, 3.05) is 25.3 Å². The summed E-state index contributed by atoms with van der Waals surface area (Å²) in [5.74, 6) is 1.82. The number of ether oxygens (including phenoxy) is 4. The molecule has 0 spiro atoms. The first-order valence-electron chi connectivity index (χ1n) is 12.3. The van der Waals surface area contributed by atoms with Crippen LogP contribution in [0.25, 0.3) is 22.0 Å². The van der Waals surface area contributed by atoms with Gasteiger partial charge in [-0.3, -0.25) is 0 Å². The highest BCUT2D eigenvalue weighted by Crippen LogP contribution is 2.36. The van der Waals surface area contributed by atoms with Crippen LogP contribution in [0.3, 0.4) is 0 Å². The summed E-state index contributed by atoms with van der Waals surface area (Å²) in [5, 5.41) is 5.15. The molecular formula is C27H24N4O6S. The van der Waals surface area contributed by atoms with Crippen LogP contribution in [0, 0.1) is 0 Å². The molecule has 0 saturated carbocycles. The van der Waals surface area contributed by atoms with E-state index in [1.807, 2.05) is 54.6 Å². The van der Waals surface area contributed by atoms with E-state index in [1.54, 1.807) is 18.3 Å². The Labute approximate surface area is 219 Å². The van der Waals surface area contributed by atoms with E-state index in [-0.39, 0.29) is 30.4 Å². The fourth-order valence-electron chi connectivity index (χ4n) is 5.14. The Morgan fingerprint density at radius 3 is 2.50 bits per heavy atom. The van der Waals surface area contributed by atoms with E-state index in [2.05, 4.69) is 20.0 Å². The molecule has 2 saturated heterocycles. The molecule has 0 amide bonds. The van der Waals surface area contributed by atoms with Crippen molar-refractivity contribution in [3.63, 3.8) is 0 Å². The van der Waals surface area contributed by atoms with Gasteiger partial charge in [0.25, 0.3) is 0 Å². The van der Waals surface area contributed by atoms with Gasteiger partial charge in [0.15, 0.2) is 11.5 Å². The van der Waals surface area contributed by atoms with Crippen LogP contribution in [0.15, 0.2) is 77.8 Å². The van der Waals surface area contributed by atoms with E-state index in [1.165, 1.54) is 0 Å². The van der Waals surface area contributed by atoms with Gasteiger partial charge in [-0.05, 0) is 47.2 Å². The molecule has 4 heterocycles. The van der Waals surface area contributed by atoms with Crippen LogP contribution < -0.4 is 19.5 Å². The van der Waals surface area contributed by atoms with E-state index in [9.17, 15) is 8.42 Å². The van der Waals surface area contributed by atoms with Gasteiger partial charge in [0, 0.05) is 11.8 Å². The van der Waals surface area contributed by atoms with Gasteiger partial charge in [-0.15, -0.1) is 0 Å². The van der Waals surface area contributed by atoms with Crippen molar-refractivity contribution in [3.8, 4) is 22.8 Å². The minimum atomic E-state index is -3.77. The second-order valence-corrected chi connectivity index (χ2v) is 11.1. The van der Waals surface area contributed by atoms with Crippen molar-refractivity contribution in [3.05, 3.63) is 72.9 Å².